The van der Waals surface area contributed by atoms with Crippen molar-refractivity contribution in [3.63, 3.8) is 0 Å². The van der Waals surface area contributed by atoms with Crippen LogP contribution in [0.3, 0.4) is 0 Å². The minimum absolute atomic E-state index is 0. The Morgan fingerprint density at radius 2 is 1.80 bits per heavy atom. The summed E-state index contributed by atoms with van der Waals surface area (Å²) in [4.78, 5) is 23.1. The number of nitrogens with zero attached hydrogens (tertiary/aromatic N) is 3. The van der Waals surface area contributed by atoms with Crippen molar-refractivity contribution in [2.45, 2.75) is 31.6 Å². The fourth-order valence-corrected chi connectivity index (χ4v) is 4.96. The molecule has 0 radical (unpaired) electrons. The Bertz CT molecular complexity index is 960. The number of thioether (sulfide) groups is 1. The van der Waals surface area contributed by atoms with Gasteiger partial charge in [-0.1, -0.05) is 35.6 Å². The van der Waals surface area contributed by atoms with Crippen molar-refractivity contribution >= 4 is 56.8 Å². The van der Waals surface area contributed by atoms with Crippen LogP contribution in [0.5, 0.6) is 0 Å². The molecule has 0 atom stereocenters. The molecule has 1 heterocycles. The van der Waals surface area contributed by atoms with Crippen LogP contribution in [-0.4, -0.2) is 48.7 Å². The lowest BCUT2D eigenvalue weighted by atomic mass is 10.1. The summed E-state index contributed by atoms with van der Waals surface area (Å²) in [7, 11) is 4.07. The lowest BCUT2D eigenvalue weighted by molar-refractivity contribution is -0.118. The van der Waals surface area contributed by atoms with Crippen molar-refractivity contribution in [1.29, 1.82) is 0 Å². The predicted molar refractivity (Wildman–Crippen MR) is 134 cm³/mol. The highest BCUT2D eigenvalue weighted by molar-refractivity contribution is 7.99. The number of rotatable bonds is 9. The van der Waals surface area contributed by atoms with E-state index in [-0.39, 0.29) is 18.3 Å². The van der Waals surface area contributed by atoms with Gasteiger partial charge in [-0.25, -0.2) is 4.98 Å². The minimum atomic E-state index is 0. The first kappa shape index (κ1) is 24.7. The summed E-state index contributed by atoms with van der Waals surface area (Å²) in [6.45, 7) is 5.69. The molecule has 0 aliphatic carbocycles. The number of carbonyl (C=O) groups is 1. The average molecular weight is 464 g/mol. The first-order chi connectivity index (χ1) is 14.0. The zero-order chi connectivity index (χ0) is 20.8. The lowest BCUT2D eigenvalue weighted by Gasteiger charge is -2.22. The number of likely N-dealkylation sites (N-methyl/N-ethyl adjacent to an activating group) is 1. The molecule has 1 aromatic heterocycles. The number of anilines is 1. The first-order valence-corrected chi connectivity index (χ1v) is 11.8. The normalized spacial score (nSPS) is 11.0. The lowest BCUT2D eigenvalue weighted by Crippen LogP contribution is -2.36. The molecule has 1 amide bonds. The van der Waals surface area contributed by atoms with Crippen molar-refractivity contribution in [3.05, 3.63) is 53.6 Å². The molecule has 0 bridgehead atoms. The third-order valence-electron chi connectivity index (χ3n) is 4.92. The summed E-state index contributed by atoms with van der Waals surface area (Å²) in [6.07, 6.45) is 1.40. The number of carbonyl (C=O) groups excluding carboxylic acids is 1. The van der Waals surface area contributed by atoms with Gasteiger partial charge in [-0.2, -0.15) is 0 Å². The molecule has 3 aromatic rings. The van der Waals surface area contributed by atoms with E-state index in [9.17, 15) is 4.79 Å². The Balaban J connectivity index is 0.00000320. The minimum Gasteiger partial charge on any atom is -0.308 e. The van der Waals surface area contributed by atoms with Gasteiger partial charge in [0.05, 0.1) is 10.2 Å². The number of thiazole rings is 1. The fraction of sp³-hybridized carbons (Fsp3) is 0.391. The van der Waals surface area contributed by atoms with E-state index in [1.54, 1.807) is 23.1 Å². The molecule has 4 nitrogen and oxygen atoms in total. The van der Waals surface area contributed by atoms with Crippen molar-refractivity contribution in [2.24, 2.45) is 0 Å². The van der Waals surface area contributed by atoms with Crippen molar-refractivity contribution in [3.8, 4) is 0 Å². The number of amides is 1. The van der Waals surface area contributed by atoms with Crippen LogP contribution in [0.25, 0.3) is 10.2 Å². The van der Waals surface area contributed by atoms with Crippen LogP contribution in [0.2, 0.25) is 0 Å². The number of hydrogen-bond acceptors (Lipinski definition) is 5. The molecule has 0 unspecified atom stereocenters. The summed E-state index contributed by atoms with van der Waals surface area (Å²) in [5, 5.41) is 0.816. The monoisotopic (exact) mass is 463 g/mol. The molecule has 30 heavy (non-hydrogen) atoms. The molecule has 162 valence electrons. The SMILES string of the molecule is Cc1ccc2sc(N(CCN(C)C)C(=O)CCCSc3ccccc3)nc2c1C.Cl. The number of benzene rings is 2. The van der Waals surface area contributed by atoms with Gasteiger partial charge >= 0.3 is 0 Å². The van der Waals surface area contributed by atoms with Gasteiger partial charge in [-0.05, 0) is 69.4 Å². The fourth-order valence-electron chi connectivity index (χ4n) is 3.02. The second kappa shape index (κ2) is 11.7. The van der Waals surface area contributed by atoms with E-state index < -0.39 is 0 Å². The van der Waals surface area contributed by atoms with Gasteiger partial charge in [0.15, 0.2) is 5.13 Å². The van der Waals surface area contributed by atoms with Crippen LogP contribution in [0.1, 0.15) is 24.0 Å². The first-order valence-electron chi connectivity index (χ1n) is 9.95. The summed E-state index contributed by atoms with van der Waals surface area (Å²) < 4.78 is 1.14. The number of hydrogen-bond donors (Lipinski definition) is 0. The second-order valence-electron chi connectivity index (χ2n) is 7.46. The van der Waals surface area contributed by atoms with Crippen molar-refractivity contribution < 1.29 is 4.79 Å². The summed E-state index contributed by atoms with van der Waals surface area (Å²) >= 11 is 3.42. The number of aryl methyl sites for hydroxylation is 2. The van der Waals surface area contributed by atoms with E-state index in [0.717, 1.165) is 34.1 Å². The van der Waals surface area contributed by atoms with E-state index in [2.05, 4.69) is 43.0 Å². The number of halogens is 1. The van der Waals surface area contributed by atoms with E-state index in [0.29, 0.717) is 13.0 Å². The van der Waals surface area contributed by atoms with Crippen molar-refractivity contribution in [1.82, 2.24) is 9.88 Å². The van der Waals surface area contributed by atoms with E-state index in [4.69, 9.17) is 4.98 Å². The van der Waals surface area contributed by atoms with Crippen LogP contribution in [0.4, 0.5) is 5.13 Å². The Kier molecular flexibility index (Phi) is 9.62. The maximum atomic E-state index is 13.1. The molecule has 0 fully saturated rings. The third kappa shape index (κ3) is 6.45. The molecule has 2 aromatic carbocycles. The Morgan fingerprint density at radius 1 is 1.07 bits per heavy atom. The third-order valence-corrected chi connectivity index (χ3v) is 7.07. The van der Waals surface area contributed by atoms with Gasteiger partial charge < -0.3 is 4.90 Å². The van der Waals surface area contributed by atoms with Gasteiger partial charge in [0.25, 0.3) is 0 Å². The van der Waals surface area contributed by atoms with E-state index >= 15 is 0 Å². The zero-order valence-corrected chi connectivity index (χ0v) is 20.5. The molecular formula is C23H30ClN3OS2. The van der Waals surface area contributed by atoms with Crippen LogP contribution in [0.15, 0.2) is 47.4 Å². The number of aromatic nitrogens is 1. The number of fused-ring (bicyclic) bond motifs is 1. The largest absolute Gasteiger partial charge is 0.308 e. The topological polar surface area (TPSA) is 36.4 Å². The highest BCUT2D eigenvalue weighted by atomic mass is 35.5. The molecule has 3 rings (SSSR count). The zero-order valence-electron chi connectivity index (χ0n) is 18.1. The standard InChI is InChI=1S/C23H29N3OS2.ClH/c1-17-12-13-20-22(18(17)2)24-23(29-20)26(15-14-25(3)4)21(27)11-8-16-28-19-9-6-5-7-10-19;/h5-7,9-10,12-13H,8,11,14-16H2,1-4H3;1H. The average Bonchev–Trinajstić information content (AvgIpc) is 3.13. The van der Waals surface area contributed by atoms with Crippen molar-refractivity contribution in [2.75, 3.05) is 37.8 Å². The van der Waals surface area contributed by atoms with Gasteiger partial charge in [-0.3, -0.25) is 9.69 Å². The van der Waals surface area contributed by atoms with Gasteiger partial charge in [-0.15, -0.1) is 24.2 Å². The van der Waals surface area contributed by atoms with Crippen LogP contribution in [0, 0.1) is 13.8 Å². The van der Waals surface area contributed by atoms with Crippen LogP contribution in [-0.2, 0) is 4.79 Å². The summed E-state index contributed by atoms with van der Waals surface area (Å²) in [6, 6.07) is 14.6. The van der Waals surface area contributed by atoms with E-state index in [1.807, 2.05) is 37.2 Å². The van der Waals surface area contributed by atoms with Crippen LogP contribution < -0.4 is 4.90 Å². The molecule has 0 N–H and O–H groups in total. The smallest absolute Gasteiger partial charge is 0.228 e. The highest BCUT2D eigenvalue weighted by Gasteiger charge is 2.20. The summed E-state index contributed by atoms with van der Waals surface area (Å²) in [5.41, 5.74) is 3.45. The summed E-state index contributed by atoms with van der Waals surface area (Å²) in [5.74, 6) is 1.10. The molecule has 0 aliphatic rings. The second-order valence-corrected chi connectivity index (χ2v) is 9.64. The maximum Gasteiger partial charge on any atom is 0.228 e. The highest BCUT2D eigenvalue weighted by Crippen LogP contribution is 2.32. The van der Waals surface area contributed by atoms with Gasteiger partial charge in [0.1, 0.15) is 0 Å². The predicted octanol–water partition coefficient (Wildman–Crippen LogP) is 5.80. The quantitative estimate of drug-likeness (QED) is 0.296. The Labute approximate surface area is 194 Å². The molecule has 0 spiro atoms. The van der Waals surface area contributed by atoms with E-state index in [1.165, 1.54) is 16.0 Å². The van der Waals surface area contributed by atoms with Crippen LogP contribution >= 0.6 is 35.5 Å². The van der Waals surface area contributed by atoms with Gasteiger partial charge in [0, 0.05) is 24.4 Å². The Hall–Kier alpha value is -1.60. The molecule has 0 saturated heterocycles. The molecule has 0 saturated carbocycles. The maximum absolute atomic E-state index is 13.1. The van der Waals surface area contributed by atoms with Gasteiger partial charge in [0.2, 0.25) is 5.91 Å². The molecule has 7 heteroatoms. The molecule has 0 aliphatic heterocycles. The Morgan fingerprint density at radius 3 is 2.50 bits per heavy atom. The molecular weight excluding hydrogens is 434 g/mol.